The summed E-state index contributed by atoms with van der Waals surface area (Å²) >= 11 is 0. The van der Waals surface area contributed by atoms with Gasteiger partial charge in [-0.2, -0.15) is 0 Å². The Morgan fingerprint density at radius 1 is 1.67 bits per heavy atom. The van der Waals surface area contributed by atoms with Crippen LogP contribution in [0.4, 0.5) is 0 Å². The first-order valence-electron chi connectivity index (χ1n) is 4.72. The molecule has 0 spiro atoms. The van der Waals surface area contributed by atoms with Crippen LogP contribution in [0.2, 0.25) is 0 Å². The summed E-state index contributed by atoms with van der Waals surface area (Å²) in [6.45, 7) is 4.58. The third kappa shape index (κ3) is 1.22. The number of carbonyl (C=O) groups is 1. The van der Waals surface area contributed by atoms with E-state index in [9.17, 15) is 4.79 Å². The fourth-order valence-electron chi connectivity index (χ4n) is 2.29. The molecule has 0 aromatic carbocycles. The molecule has 0 aromatic heterocycles. The molecule has 0 amide bonds. The molecule has 2 rings (SSSR count). The van der Waals surface area contributed by atoms with Crippen LogP contribution in [0.25, 0.3) is 0 Å². The van der Waals surface area contributed by atoms with Crippen LogP contribution >= 0.6 is 0 Å². The molecule has 1 unspecified atom stereocenters. The van der Waals surface area contributed by atoms with Gasteiger partial charge in [-0.15, -0.1) is 0 Å². The van der Waals surface area contributed by atoms with E-state index in [4.69, 9.17) is 4.74 Å². The highest BCUT2D eigenvalue weighted by molar-refractivity contribution is 5.76. The van der Waals surface area contributed by atoms with Crippen molar-refractivity contribution in [2.45, 2.75) is 25.8 Å². The number of hydrogen-bond acceptors (Lipinski definition) is 3. The lowest BCUT2D eigenvalue weighted by atomic mass is 10.0. The maximum Gasteiger partial charge on any atom is 0.323 e. The van der Waals surface area contributed by atoms with Gasteiger partial charge in [0.1, 0.15) is 6.04 Å². The quantitative estimate of drug-likeness (QED) is 0.568. The number of hydrogen-bond donors (Lipinski definition) is 0. The van der Waals surface area contributed by atoms with Crippen LogP contribution in [0, 0.1) is 5.92 Å². The molecule has 0 radical (unpaired) electrons. The van der Waals surface area contributed by atoms with Crippen LogP contribution in [-0.2, 0) is 9.53 Å². The summed E-state index contributed by atoms with van der Waals surface area (Å²) in [5, 5.41) is 0. The predicted octanol–water partition coefficient (Wildman–Crippen LogP) is 0.644. The Morgan fingerprint density at radius 3 is 3.00 bits per heavy atom. The largest absolute Gasteiger partial charge is 0.465 e. The van der Waals surface area contributed by atoms with Crippen molar-refractivity contribution < 1.29 is 9.53 Å². The van der Waals surface area contributed by atoms with Crippen LogP contribution in [0.15, 0.2) is 0 Å². The summed E-state index contributed by atoms with van der Waals surface area (Å²) in [6.07, 6.45) is 2.30. The summed E-state index contributed by atoms with van der Waals surface area (Å²) in [5.74, 6) is 0.749. The summed E-state index contributed by atoms with van der Waals surface area (Å²) in [5.41, 5.74) is 0. The number of ether oxygens (including phenoxy) is 1. The number of carbonyl (C=O) groups excluding carboxylic acids is 1. The zero-order chi connectivity index (χ0) is 8.55. The Bertz CT molecular complexity index is 193. The molecule has 68 valence electrons. The molecule has 2 aliphatic heterocycles. The third-order valence-corrected chi connectivity index (χ3v) is 2.87. The highest BCUT2D eigenvalue weighted by atomic mass is 16.5. The fraction of sp³-hybridized carbons (Fsp3) is 0.889. The van der Waals surface area contributed by atoms with E-state index in [2.05, 4.69) is 4.90 Å². The average molecular weight is 169 g/mol. The molecule has 0 saturated carbocycles. The minimum Gasteiger partial charge on any atom is -0.465 e. The van der Waals surface area contributed by atoms with Crippen molar-refractivity contribution in [3.63, 3.8) is 0 Å². The van der Waals surface area contributed by atoms with Crippen molar-refractivity contribution in [2.75, 3.05) is 19.7 Å². The lowest BCUT2D eigenvalue weighted by Gasteiger charge is -2.22. The number of esters is 1. The topological polar surface area (TPSA) is 29.5 Å². The Morgan fingerprint density at radius 2 is 2.50 bits per heavy atom. The van der Waals surface area contributed by atoms with Gasteiger partial charge in [-0.1, -0.05) is 0 Å². The van der Waals surface area contributed by atoms with Gasteiger partial charge in [0.25, 0.3) is 0 Å². The standard InChI is InChI=1S/C9H15NO2/c1-2-12-9(11)8-5-7-3-4-10(8)6-7/h7-8H,2-6H2,1H3/t7-,8+/m1/s1. The van der Waals surface area contributed by atoms with E-state index in [1.807, 2.05) is 6.92 Å². The zero-order valence-corrected chi connectivity index (χ0v) is 7.45. The van der Waals surface area contributed by atoms with Crippen LogP contribution in [0.3, 0.4) is 0 Å². The van der Waals surface area contributed by atoms with Crippen LogP contribution in [-0.4, -0.2) is 36.6 Å². The highest BCUT2D eigenvalue weighted by Crippen LogP contribution is 2.33. The van der Waals surface area contributed by atoms with E-state index in [1.54, 1.807) is 0 Å². The Hall–Kier alpha value is -0.570. The molecule has 2 saturated heterocycles. The van der Waals surface area contributed by atoms with Gasteiger partial charge in [-0.25, -0.2) is 0 Å². The number of rotatable bonds is 2. The third-order valence-electron chi connectivity index (χ3n) is 2.87. The van der Waals surface area contributed by atoms with E-state index in [0.717, 1.165) is 25.4 Å². The SMILES string of the molecule is CCOC(=O)[C@@H]1C[C@H]2CCN1C2. The molecule has 3 heteroatoms. The predicted molar refractivity (Wildman–Crippen MR) is 44.7 cm³/mol. The molecule has 2 heterocycles. The summed E-state index contributed by atoms with van der Waals surface area (Å²) in [7, 11) is 0. The van der Waals surface area contributed by atoms with Gasteiger partial charge in [0.2, 0.25) is 0 Å². The summed E-state index contributed by atoms with van der Waals surface area (Å²) < 4.78 is 5.00. The van der Waals surface area contributed by atoms with E-state index in [1.165, 1.54) is 6.42 Å². The zero-order valence-electron chi connectivity index (χ0n) is 7.45. The van der Waals surface area contributed by atoms with Gasteiger partial charge in [-0.05, 0) is 32.2 Å². The van der Waals surface area contributed by atoms with Crippen LogP contribution in [0.1, 0.15) is 19.8 Å². The monoisotopic (exact) mass is 169 g/mol. The van der Waals surface area contributed by atoms with E-state index >= 15 is 0 Å². The molecular weight excluding hydrogens is 154 g/mol. The lowest BCUT2D eigenvalue weighted by Crippen LogP contribution is -2.37. The number of nitrogens with zero attached hydrogens (tertiary/aromatic N) is 1. The van der Waals surface area contributed by atoms with Gasteiger partial charge in [0.15, 0.2) is 0 Å². The Balaban J connectivity index is 1.93. The van der Waals surface area contributed by atoms with Gasteiger partial charge >= 0.3 is 5.97 Å². The summed E-state index contributed by atoms with van der Waals surface area (Å²) in [6, 6.07) is 0.0868. The maximum atomic E-state index is 11.4. The van der Waals surface area contributed by atoms with Crippen molar-refractivity contribution >= 4 is 5.97 Å². The molecular formula is C9H15NO2. The van der Waals surface area contributed by atoms with Crippen molar-refractivity contribution in [2.24, 2.45) is 5.92 Å². The number of piperidine rings is 1. The smallest absolute Gasteiger partial charge is 0.323 e. The minimum absolute atomic E-state index is 0.0142. The Labute approximate surface area is 72.7 Å². The van der Waals surface area contributed by atoms with Crippen molar-refractivity contribution in [1.82, 2.24) is 4.90 Å². The second kappa shape index (κ2) is 3.05. The summed E-state index contributed by atoms with van der Waals surface area (Å²) in [4.78, 5) is 13.6. The van der Waals surface area contributed by atoms with Gasteiger partial charge < -0.3 is 4.74 Å². The van der Waals surface area contributed by atoms with Gasteiger partial charge in [0, 0.05) is 6.54 Å². The Kier molecular flexibility index (Phi) is 2.05. The van der Waals surface area contributed by atoms with E-state index in [0.29, 0.717) is 6.61 Å². The molecule has 0 aromatic rings. The average Bonchev–Trinajstić information content (AvgIpc) is 2.64. The van der Waals surface area contributed by atoms with Crippen LogP contribution < -0.4 is 0 Å². The van der Waals surface area contributed by atoms with Crippen molar-refractivity contribution in [3.05, 3.63) is 0 Å². The van der Waals surface area contributed by atoms with Crippen LogP contribution in [0.5, 0.6) is 0 Å². The first kappa shape index (κ1) is 8.05. The highest BCUT2D eigenvalue weighted by Gasteiger charge is 2.41. The van der Waals surface area contributed by atoms with Gasteiger partial charge in [-0.3, -0.25) is 9.69 Å². The maximum absolute atomic E-state index is 11.4. The molecule has 3 nitrogen and oxygen atoms in total. The molecule has 0 N–H and O–H groups in total. The second-order valence-electron chi connectivity index (χ2n) is 3.65. The molecule has 0 aliphatic carbocycles. The van der Waals surface area contributed by atoms with E-state index in [-0.39, 0.29) is 12.0 Å². The first-order valence-corrected chi connectivity index (χ1v) is 4.72. The van der Waals surface area contributed by atoms with Crippen molar-refractivity contribution in [3.8, 4) is 0 Å². The second-order valence-corrected chi connectivity index (χ2v) is 3.65. The fourth-order valence-corrected chi connectivity index (χ4v) is 2.29. The lowest BCUT2D eigenvalue weighted by molar-refractivity contribution is -0.148. The van der Waals surface area contributed by atoms with E-state index < -0.39 is 0 Å². The normalized spacial score (nSPS) is 38.6. The molecule has 2 bridgehead atoms. The van der Waals surface area contributed by atoms with Gasteiger partial charge in [0.05, 0.1) is 6.61 Å². The molecule has 3 atom stereocenters. The molecule has 2 fully saturated rings. The molecule has 12 heavy (non-hydrogen) atoms. The van der Waals surface area contributed by atoms with Crippen molar-refractivity contribution in [1.29, 1.82) is 0 Å². The minimum atomic E-state index is -0.0142. The molecule has 2 aliphatic rings. The number of fused-ring (bicyclic) bond motifs is 2. The first-order chi connectivity index (χ1) is 5.81.